The summed E-state index contributed by atoms with van der Waals surface area (Å²) in [5.74, 6) is 0. The summed E-state index contributed by atoms with van der Waals surface area (Å²) in [4.78, 5) is 0. The molecule has 0 heterocycles. The van der Waals surface area contributed by atoms with E-state index in [1.165, 1.54) is 12.8 Å². The topological polar surface area (TPSA) is 0 Å². The predicted octanol–water partition coefficient (Wildman–Crippen LogP) is 2.40. The largest absolute Gasteiger partial charge is 0.131 e. The molecule has 0 nitrogen and oxygen atoms in total. The van der Waals surface area contributed by atoms with Crippen LogP contribution in [0.2, 0.25) is 0 Å². The van der Waals surface area contributed by atoms with E-state index in [2.05, 4.69) is 17.6 Å². The number of thioether (sulfide) groups is 1. The van der Waals surface area contributed by atoms with Crippen molar-refractivity contribution in [1.29, 1.82) is 0 Å². The van der Waals surface area contributed by atoms with Crippen LogP contribution in [0.15, 0.2) is 11.5 Å². The molecule has 44 valence electrons. The van der Waals surface area contributed by atoms with Crippen LogP contribution >= 0.6 is 24.0 Å². The minimum atomic E-state index is 0.918. The number of hydrogen-bond donors (Lipinski definition) is 0. The van der Waals surface area contributed by atoms with Gasteiger partial charge in [0, 0.05) is 10.6 Å². The Hall–Kier alpha value is 0.180. The molecule has 0 aromatic rings. The second kappa shape index (κ2) is 3.25. The van der Waals surface area contributed by atoms with E-state index in [0.29, 0.717) is 0 Å². The highest BCUT2D eigenvalue weighted by atomic mass is 32.2. The highest BCUT2D eigenvalue weighted by Gasteiger charge is 2.19. The zero-order valence-electron chi connectivity index (χ0n) is 4.54. The van der Waals surface area contributed by atoms with Gasteiger partial charge < -0.3 is 0 Å². The molecule has 0 saturated heterocycles. The predicted molar refractivity (Wildman–Crippen MR) is 43.4 cm³/mol. The van der Waals surface area contributed by atoms with Crippen molar-refractivity contribution in [3.63, 3.8) is 0 Å². The van der Waals surface area contributed by atoms with Crippen molar-refractivity contribution in [3.8, 4) is 0 Å². The zero-order valence-corrected chi connectivity index (χ0v) is 6.17. The average Bonchev–Trinajstić information content (AvgIpc) is 2.51. The van der Waals surface area contributed by atoms with Crippen LogP contribution in [0, 0.1) is 0 Å². The Balaban J connectivity index is 2.01. The van der Waals surface area contributed by atoms with Gasteiger partial charge in [-0.15, -0.1) is 11.8 Å². The van der Waals surface area contributed by atoms with Gasteiger partial charge in [0.15, 0.2) is 0 Å². The summed E-state index contributed by atoms with van der Waals surface area (Å²) in [6.07, 6.45) is 4.71. The first-order valence-electron chi connectivity index (χ1n) is 2.69. The van der Waals surface area contributed by atoms with Crippen LogP contribution in [0.3, 0.4) is 0 Å². The summed E-state index contributed by atoms with van der Waals surface area (Å²) < 4.78 is 0. The van der Waals surface area contributed by atoms with Gasteiger partial charge in [0.1, 0.15) is 0 Å². The highest BCUT2D eigenvalue weighted by Crippen LogP contribution is 2.34. The van der Waals surface area contributed by atoms with Gasteiger partial charge in [-0.3, -0.25) is 0 Å². The fourth-order valence-electron chi connectivity index (χ4n) is 0.393. The lowest BCUT2D eigenvalue weighted by atomic mass is 10.8. The number of rotatable bonds is 3. The third-order valence-corrected chi connectivity index (χ3v) is 2.28. The molecule has 0 aliphatic heterocycles. The molecular formula is C6H8S2. The SMILES string of the molecule is S=CC=CSC1CC1. The molecular weight excluding hydrogens is 136 g/mol. The molecule has 0 atom stereocenters. The fourth-order valence-corrected chi connectivity index (χ4v) is 1.37. The lowest BCUT2D eigenvalue weighted by Gasteiger charge is -1.80. The zero-order chi connectivity index (χ0) is 5.82. The molecule has 0 spiro atoms. The molecule has 0 aromatic heterocycles. The monoisotopic (exact) mass is 144 g/mol. The van der Waals surface area contributed by atoms with Gasteiger partial charge in [-0.2, -0.15) is 0 Å². The third kappa shape index (κ3) is 2.48. The first-order chi connectivity index (χ1) is 3.93. The average molecular weight is 144 g/mol. The van der Waals surface area contributed by atoms with Gasteiger partial charge in [0.25, 0.3) is 0 Å². The van der Waals surface area contributed by atoms with E-state index in [0.717, 1.165) is 5.25 Å². The van der Waals surface area contributed by atoms with Gasteiger partial charge in [0.05, 0.1) is 0 Å². The molecule has 1 fully saturated rings. The van der Waals surface area contributed by atoms with Crippen LogP contribution in [0.5, 0.6) is 0 Å². The Bertz CT molecular complexity index is 103. The van der Waals surface area contributed by atoms with E-state index < -0.39 is 0 Å². The standard InChI is InChI=1S/C6H8S2/c7-4-1-5-8-6-2-3-6/h1,4-6H,2-3H2. The smallest absolute Gasteiger partial charge is 0.00892 e. The van der Waals surface area contributed by atoms with Crippen molar-refractivity contribution < 1.29 is 0 Å². The van der Waals surface area contributed by atoms with Crippen LogP contribution in [-0.4, -0.2) is 10.6 Å². The highest BCUT2D eigenvalue weighted by molar-refractivity contribution is 8.03. The molecule has 0 radical (unpaired) electrons. The van der Waals surface area contributed by atoms with Crippen molar-refractivity contribution in [2.24, 2.45) is 0 Å². The molecule has 1 saturated carbocycles. The van der Waals surface area contributed by atoms with Crippen LogP contribution in [-0.2, 0) is 0 Å². The van der Waals surface area contributed by atoms with E-state index >= 15 is 0 Å². The summed E-state index contributed by atoms with van der Waals surface area (Å²) in [7, 11) is 0. The Labute approximate surface area is 59.4 Å². The van der Waals surface area contributed by atoms with E-state index in [9.17, 15) is 0 Å². The number of hydrogen-bond acceptors (Lipinski definition) is 2. The molecule has 1 rings (SSSR count). The second-order valence-corrected chi connectivity index (χ2v) is 3.28. The second-order valence-electron chi connectivity index (χ2n) is 1.80. The van der Waals surface area contributed by atoms with Crippen molar-refractivity contribution >= 4 is 29.3 Å². The maximum atomic E-state index is 4.60. The van der Waals surface area contributed by atoms with Gasteiger partial charge in [-0.25, -0.2) is 0 Å². The first-order valence-corrected chi connectivity index (χ1v) is 4.10. The molecule has 0 amide bonds. The first kappa shape index (κ1) is 6.30. The number of thiocarbonyl (C=S) groups is 1. The minimum Gasteiger partial charge on any atom is -0.131 e. The van der Waals surface area contributed by atoms with Crippen LogP contribution in [0.25, 0.3) is 0 Å². The Kier molecular flexibility index (Phi) is 2.56. The fraction of sp³-hybridized carbons (Fsp3) is 0.500. The molecule has 0 N–H and O–H groups in total. The minimum absolute atomic E-state index is 0.918. The molecule has 0 unspecified atom stereocenters. The summed E-state index contributed by atoms with van der Waals surface area (Å²) in [6, 6.07) is 0. The van der Waals surface area contributed by atoms with E-state index in [4.69, 9.17) is 0 Å². The van der Waals surface area contributed by atoms with Crippen LogP contribution in [0.1, 0.15) is 12.8 Å². The van der Waals surface area contributed by atoms with Crippen molar-refractivity contribution in [3.05, 3.63) is 11.5 Å². The Morgan fingerprint density at radius 3 is 2.75 bits per heavy atom. The summed E-state index contributed by atoms with van der Waals surface area (Å²) in [5, 5.41) is 4.64. The molecule has 2 heteroatoms. The molecule has 0 bridgehead atoms. The van der Waals surface area contributed by atoms with Crippen molar-refractivity contribution in [2.75, 3.05) is 0 Å². The van der Waals surface area contributed by atoms with E-state index in [-0.39, 0.29) is 0 Å². The summed E-state index contributed by atoms with van der Waals surface area (Å²) in [5.41, 5.74) is 0. The quantitative estimate of drug-likeness (QED) is 0.440. The van der Waals surface area contributed by atoms with E-state index in [1.54, 1.807) is 5.37 Å². The lowest BCUT2D eigenvalue weighted by Crippen LogP contribution is -1.62. The van der Waals surface area contributed by atoms with E-state index in [1.807, 2.05) is 17.8 Å². The van der Waals surface area contributed by atoms with Gasteiger partial charge in [0.2, 0.25) is 0 Å². The molecule has 8 heavy (non-hydrogen) atoms. The van der Waals surface area contributed by atoms with Gasteiger partial charge in [-0.1, -0.05) is 12.2 Å². The summed E-state index contributed by atoms with van der Waals surface area (Å²) >= 11 is 6.49. The van der Waals surface area contributed by atoms with Crippen molar-refractivity contribution in [1.82, 2.24) is 0 Å². The van der Waals surface area contributed by atoms with Crippen LogP contribution in [0.4, 0.5) is 0 Å². The molecule has 1 aliphatic rings. The maximum Gasteiger partial charge on any atom is 0.00892 e. The number of allylic oxidation sites excluding steroid dienone is 1. The molecule has 1 aliphatic carbocycles. The molecule has 0 aromatic carbocycles. The maximum absolute atomic E-state index is 4.60. The normalized spacial score (nSPS) is 19.5. The van der Waals surface area contributed by atoms with Gasteiger partial charge >= 0.3 is 0 Å². The van der Waals surface area contributed by atoms with Gasteiger partial charge in [-0.05, 0) is 24.3 Å². The van der Waals surface area contributed by atoms with Crippen molar-refractivity contribution in [2.45, 2.75) is 18.1 Å². The third-order valence-electron chi connectivity index (χ3n) is 0.953. The summed E-state index contributed by atoms with van der Waals surface area (Å²) in [6.45, 7) is 0. The lowest BCUT2D eigenvalue weighted by molar-refractivity contribution is 1.50. The Morgan fingerprint density at radius 1 is 1.50 bits per heavy atom. The Morgan fingerprint density at radius 2 is 2.25 bits per heavy atom. The van der Waals surface area contributed by atoms with Crippen LogP contribution < -0.4 is 0 Å².